The third kappa shape index (κ3) is 5.79. The molecule has 0 radical (unpaired) electrons. The van der Waals surface area contributed by atoms with E-state index in [2.05, 4.69) is 5.32 Å². The number of nitrogens with zero attached hydrogens (tertiary/aromatic N) is 1. The molecule has 0 saturated carbocycles. The standard InChI is InChI=1S/C21H28N2O5/c1-6-28-18-10-7-15(11-20(18)27-5)13-23(2)14-21(24)22-17-9-8-16(25-3)12-19(17)26-4/h7-12H,6,13-14H2,1-5H3,(H,22,24). The van der Waals surface area contributed by atoms with Crippen molar-refractivity contribution >= 4 is 11.6 Å². The van der Waals surface area contributed by atoms with Gasteiger partial charge in [-0.25, -0.2) is 0 Å². The van der Waals surface area contributed by atoms with Gasteiger partial charge in [0.25, 0.3) is 0 Å². The Bertz CT molecular complexity index is 794. The lowest BCUT2D eigenvalue weighted by molar-refractivity contribution is -0.117. The number of anilines is 1. The average Bonchev–Trinajstić information content (AvgIpc) is 2.69. The lowest BCUT2D eigenvalue weighted by Gasteiger charge is -2.18. The molecule has 0 heterocycles. The molecule has 1 amide bonds. The molecule has 0 saturated heterocycles. The van der Waals surface area contributed by atoms with Crippen LogP contribution in [0.3, 0.4) is 0 Å². The molecule has 0 unspecified atom stereocenters. The van der Waals surface area contributed by atoms with Crippen molar-refractivity contribution in [3.63, 3.8) is 0 Å². The van der Waals surface area contributed by atoms with Gasteiger partial charge in [-0.2, -0.15) is 0 Å². The predicted molar refractivity (Wildman–Crippen MR) is 109 cm³/mol. The molecule has 7 heteroatoms. The molecule has 0 atom stereocenters. The molecule has 1 N–H and O–H groups in total. The molecule has 0 aromatic heterocycles. The van der Waals surface area contributed by atoms with Crippen molar-refractivity contribution in [1.82, 2.24) is 4.90 Å². The summed E-state index contributed by atoms with van der Waals surface area (Å²) in [4.78, 5) is 14.3. The Labute approximate surface area is 166 Å². The van der Waals surface area contributed by atoms with Gasteiger partial charge >= 0.3 is 0 Å². The minimum absolute atomic E-state index is 0.135. The van der Waals surface area contributed by atoms with Gasteiger partial charge in [-0.05, 0) is 43.8 Å². The Morgan fingerprint density at radius 2 is 1.71 bits per heavy atom. The highest BCUT2D eigenvalue weighted by atomic mass is 16.5. The monoisotopic (exact) mass is 388 g/mol. The second kappa shape index (κ2) is 10.4. The highest BCUT2D eigenvalue weighted by Crippen LogP contribution is 2.30. The quantitative estimate of drug-likeness (QED) is 0.674. The highest BCUT2D eigenvalue weighted by Gasteiger charge is 2.13. The summed E-state index contributed by atoms with van der Waals surface area (Å²) in [5.41, 5.74) is 1.63. The van der Waals surface area contributed by atoms with E-state index in [1.807, 2.05) is 37.1 Å². The van der Waals surface area contributed by atoms with Crippen LogP contribution < -0.4 is 24.3 Å². The molecule has 0 aliphatic rings. The number of carbonyl (C=O) groups is 1. The fourth-order valence-electron chi connectivity index (χ4n) is 2.79. The van der Waals surface area contributed by atoms with E-state index in [0.717, 1.165) is 5.56 Å². The van der Waals surface area contributed by atoms with E-state index >= 15 is 0 Å². The van der Waals surface area contributed by atoms with Crippen molar-refractivity contribution in [2.75, 3.05) is 46.8 Å². The fraction of sp³-hybridized carbons (Fsp3) is 0.381. The molecule has 0 spiro atoms. The number of nitrogens with one attached hydrogen (secondary N) is 1. The Kier molecular flexibility index (Phi) is 7.95. The van der Waals surface area contributed by atoms with Gasteiger partial charge in [0.15, 0.2) is 11.5 Å². The first-order chi connectivity index (χ1) is 13.5. The topological polar surface area (TPSA) is 69.3 Å². The van der Waals surface area contributed by atoms with Gasteiger partial charge in [0.2, 0.25) is 5.91 Å². The first kappa shape index (κ1) is 21.4. The van der Waals surface area contributed by atoms with Crippen LogP contribution in [0.1, 0.15) is 12.5 Å². The summed E-state index contributed by atoms with van der Waals surface area (Å²) in [6.07, 6.45) is 0. The second-order valence-corrected chi connectivity index (χ2v) is 6.20. The number of amides is 1. The number of ether oxygens (including phenoxy) is 4. The van der Waals surface area contributed by atoms with E-state index in [0.29, 0.717) is 41.8 Å². The van der Waals surface area contributed by atoms with Gasteiger partial charge in [0.1, 0.15) is 11.5 Å². The van der Waals surface area contributed by atoms with E-state index in [4.69, 9.17) is 18.9 Å². The predicted octanol–water partition coefficient (Wildman–Crippen LogP) is 3.18. The van der Waals surface area contributed by atoms with Gasteiger partial charge in [-0.15, -0.1) is 0 Å². The van der Waals surface area contributed by atoms with Crippen molar-refractivity contribution in [2.45, 2.75) is 13.5 Å². The number of methoxy groups -OCH3 is 3. The normalized spacial score (nSPS) is 10.5. The van der Waals surface area contributed by atoms with E-state index < -0.39 is 0 Å². The molecule has 2 aromatic rings. The lowest BCUT2D eigenvalue weighted by Crippen LogP contribution is -2.30. The Morgan fingerprint density at radius 1 is 0.964 bits per heavy atom. The van der Waals surface area contributed by atoms with Crippen molar-refractivity contribution < 1.29 is 23.7 Å². The summed E-state index contributed by atoms with van der Waals surface area (Å²) < 4.78 is 21.4. The van der Waals surface area contributed by atoms with Crippen LogP contribution in [0.25, 0.3) is 0 Å². The van der Waals surface area contributed by atoms with E-state index in [1.165, 1.54) is 0 Å². The molecule has 2 aromatic carbocycles. The number of hydrogen-bond acceptors (Lipinski definition) is 6. The number of rotatable bonds is 10. The van der Waals surface area contributed by atoms with Crippen LogP contribution in [0.5, 0.6) is 23.0 Å². The van der Waals surface area contributed by atoms with Gasteiger partial charge in [-0.3, -0.25) is 9.69 Å². The fourth-order valence-corrected chi connectivity index (χ4v) is 2.79. The molecule has 7 nitrogen and oxygen atoms in total. The van der Waals surface area contributed by atoms with Crippen LogP contribution in [0.15, 0.2) is 36.4 Å². The summed E-state index contributed by atoms with van der Waals surface area (Å²) >= 11 is 0. The summed E-state index contributed by atoms with van der Waals surface area (Å²) in [6, 6.07) is 11.0. The van der Waals surface area contributed by atoms with Crippen molar-refractivity contribution in [2.24, 2.45) is 0 Å². The molecule has 0 bridgehead atoms. The Morgan fingerprint density at radius 3 is 2.36 bits per heavy atom. The Hall–Kier alpha value is -2.93. The number of hydrogen-bond donors (Lipinski definition) is 1. The van der Waals surface area contributed by atoms with Gasteiger partial charge in [0, 0.05) is 12.6 Å². The first-order valence-electron chi connectivity index (χ1n) is 9.00. The highest BCUT2D eigenvalue weighted by molar-refractivity contribution is 5.93. The van der Waals surface area contributed by atoms with Crippen LogP contribution in [0.4, 0.5) is 5.69 Å². The van der Waals surface area contributed by atoms with E-state index in [-0.39, 0.29) is 12.5 Å². The smallest absolute Gasteiger partial charge is 0.238 e. The molecule has 28 heavy (non-hydrogen) atoms. The Balaban J connectivity index is 1.97. The van der Waals surface area contributed by atoms with Gasteiger partial charge in [0.05, 0.1) is 40.2 Å². The lowest BCUT2D eigenvalue weighted by atomic mass is 10.2. The third-order valence-corrected chi connectivity index (χ3v) is 4.08. The van der Waals surface area contributed by atoms with Crippen molar-refractivity contribution in [1.29, 1.82) is 0 Å². The molecular formula is C21H28N2O5. The molecule has 2 rings (SSSR count). The van der Waals surface area contributed by atoms with Crippen LogP contribution in [-0.4, -0.2) is 52.3 Å². The number of benzene rings is 2. The zero-order valence-electron chi connectivity index (χ0n) is 17.1. The van der Waals surface area contributed by atoms with Crippen LogP contribution in [0.2, 0.25) is 0 Å². The summed E-state index contributed by atoms with van der Waals surface area (Å²) in [5.74, 6) is 2.47. The zero-order valence-corrected chi connectivity index (χ0v) is 17.1. The SMILES string of the molecule is CCOc1ccc(CN(C)CC(=O)Nc2ccc(OC)cc2OC)cc1OC. The largest absolute Gasteiger partial charge is 0.497 e. The third-order valence-electron chi connectivity index (χ3n) is 4.08. The minimum Gasteiger partial charge on any atom is -0.497 e. The van der Waals surface area contributed by atoms with Crippen LogP contribution in [-0.2, 0) is 11.3 Å². The minimum atomic E-state index is -0.135. The van der Waals surface area contributed by atoms with Crippen LogP contribution >= 0.6 is 0 Å². The summed E-state index contributed by atoms with van der Waals surface area (Å²) in [7, 11) is 6.63. The number of carbonyl (C=O) groups excluding carboxylic acids is 1. The maximum Gasteiger partial charge on any atom is 0.238 e. The number of likely N-dealkylation sites (N-methyl/N-ethyl adjacent to an activating group) is 1. The maximum absolute atomic E-state index is 12.4. The molecule has 0 aliphatic heterocycles. The maximum atomic E-state index is 12.4. The van der Waals surface area contributed by atoms with E-state index in [9.17, 15) is 4.79 Å². The molecule has 0 fully saturated rings. The zero-order chi connectivity index (χ0) is 20.5. The second-order valence-electron chi connectivity index (χ2n) is 6.20. The van der Waals surface area contributed by atoms with Crippen molar-refractivity contribution in [3.05, 3.63) is 42.0 Å². The molecule has 152 valence electrons. The van der Waals surface area contributed by atoms with Crippen molar-refractivity contribution in [3.8, 4) is 23.0 Å². The van der Waals surface area contributed by atoms with Gasteiger partial charge in [-0.1, -0.05) is 6.07 Å². The van der Waals surface area contributed by atoms with Gasteiger partial charge < -0.3 is 24.3 Å². The molecule has 0 aliphatic carbocycles. The summed E-state index contributed by atoms with van der Waals surface area (Å²) in [5, 5.41) is 2.87. The van der Waals surface area contributed by atoms with E-state index in [1.54, 1.807) is 39.5 Å². The first-order valence-corrected chi connectivity index (χ1v) is 9.00. The van der Waals surface area contributed by atoms with Crippen LogP contribution in [0, 0.1) is 0 Å². The average molecular weight is 388 g/mol. The summed E-state index contributed by atoms with van der Waals surface area (Å²) in [6.45, 7) is 3.32. The molecular weight excluding hydrogens is 360 g/mol.